The van der Waals surface area contributed by atoms with Crippen molar-refractivity contribution in [3.05, 3.63) is 33.3 Å². The number of benzene rings is 1. The van der Waals surface area contributed by atoms with Crippen molar-refractivity contribution in [2.75, 3.05) is 13.2 Å². The molecule has 1 atom stereocenters. The number of aliphatic hydroxyl groups is 1. The Bertz CT molecular complexity index is 502. The molecule has 1 aromatic carbocycles. The molecule has 0 amide bonds. The van der Waals surface area contributed by atoms with E-state index < -0.39 is 24.0 Å². The first-order valence-electron chi connectivity index (χ1n) is 6.38. The van der Waals surface area contributed by atoms with Gasteiger partial charge in [0.1, 0.15) is 6.10 Å². The summed E-state index contributed by atoms with van der Waals surface area (Å²) in [6, 6.07) is 4.74. The molecule has 0 spiro atoms. The van der Waals surface area contributed by atoms with E-state index in [4.69, 9.17) is 21.1 Å². The maximum absolute atomic E-state index is 11.9. The van der Waals surface area contributed by atoms with Crippen LogP contribution in [-0.2, 0) is 19.1 Å². The highest BCUT2D eigenvalue weighted by molar-refractivity contribution is 9.10. The lowest BCUT2D eigenvalue weighted by atomic mass is 9.95. The van der Waals surface area contributed by atoms with Gasteiger partial charge in [-0.25, -0.2) is 0 Å². The number of hydrogen-bond acceptors (Lipinski definition) is 5. The van der Waals surface area contributed by atoms with Gasteiger partial charge in [0, 0.05) is 15.1 Å². The van der Waals surface area contributed by atoms with Crippen molar-refractivity contribution in [2.24, 2.45) is 5.92 Å². The summed E-state index contributed by atoms with van der Waals surface area (Å²) in [6.07, 6.45) is -1.44. The van der Waals surface area contributed by atoms with Gasteiger partial charge in [-0.15, -0.1) is 0 Å². The van der Waals surface area contributed by atoms with Gasteiger partial charge >= 0.3 is 11.9 Å². The van der Waals surface area contributed by atoms with Crippen LogP contribution in [0.15, 0.2) is 22.7 Å². The molecule has 1 aromatic rings. The summed E-state index contributed by atoms with van der Waals surface area (Å²) in [5, 5.41) is 10.6. The molecule has 0 saturated carbocycles. The minimum absolute atomic E-state index is 0.0928. The first-order chi connectivity index (χ1) is 9.92. The van der Waals surface area contributed by atoms with Crippen molar-refractivity contribution in [1.29, 1.82) is 0 Å². The van der Waals surface area contributed by atoms with E-state index in [1.807, 2.05) is 0 Å². The van der Waals surface area contributed by atoms with Gasteiger partial charge < -0.3 is 14.6 Å². The topological polar surface area (TPSA) is 72.8 Å². The zero-order valence-electron chi connectivity index (χ0n) is 11.6. The predicted octanol–water partition coefficient (Wildman–Crippen LogP) is 2.88. The summed E-state index contributed by atoms with van der Waals surface area (Å²) in [7, 11) is 0. The van der Waals surface area contributed by atoms with Crippen molar-refractivity contribution in [3.63, 3.8) is 0 Å². The highest BCUT2D eigenvalue weighted by atomic mass is 79.9. The first-order valence-corrected chi connectivity index (χ1v) is 7.55. The Hall–Kier alpha value is -1.11. The van der Waals surface area contributed by atoms with Crippen LogP contribution >= 0.6 is 27.5 Å². The van der Waals surface area contributed by atoms with Crippen LogP contribution < -0.4 is 0 Å². The number of carbonyl (C=O) groups is 2. The molecule has 0 fully saturated rings. The Morgan fingerprint density at radius 2 is 1.76 bits per heavy atom. The summed E-state index contributed by atoms with van der Waals surface area (Å²) in [6.45, 7) is 3.41. The molecule has 0 radical (unpaired) electrons. The molecule has 0 aromatic heterocycles. The number of carbonyl (C=O) groups excluding carboxylic acids is 2. The van der Waals surface area contributed by atoms with E-state index in [0.717, 1.165) is 0 Å². The van der Waals surface area contributed by atoms with Crippen molar-refractivity contribution >= 4 is 39.5 Å². The fourth-order valence-electron chi connectivity index (χ4n) is 1.74. The Morgan fingerprint density at radius 3 is 2.19 bits per heavy atom. The van der Waals surface area contributed by atoms with Crippen LogP contribution in [0.4, 0.5) is 0 Å². The van der Waals surface area contributed by atoms with Gasteiger partial charge in [-0.05, 0) is 26.0 Å². The van der Waals surface area contributed by atoms with Crippen molar-refractivity contribution in [3.8, 4) is 0 Å². The fourth-order valence-corrected chi connectivity index (χ4v) is 2.52. The van der Waals surface area contributed by atoms with E-state index in [1.165, 1.54) is 6.07 Å². The van der Waals surface area contributed by atoms with Crippen LogP contribution in [-0.4, -0.2) is 30.3 Å². The molecule has 7 heteroatoms. The second-order valence-electron chi connectivity index (χ2n) is 4.09. The molecule has 116 valence electrons. The highest BCUT2D eigenvalue weighted by Gasteiger charge is 2.38. The molecule has 5 nitrogen and oxygen atoms in total. The highest BCUT2D eigenvalue weighted by Crippen LogP contribution is 2.32. The normalized spacial score (nSPS) is 12.1. The van der Waals surface area contributed by atoms with Crippen molar-refractivity contribution < 1.29 is 24.2 Å². The third kappa shape index (κ3) is 4.69. The van der Waals surface area contributed by atoms with Crippen LogP contribution in [0.2, 0.25) is 5.02 Å². The van der Waals surface area contributed by atoms with E-state index in [-0.39, 0.29) is 23.8 Å². The average Bonchev–Trinajstić information content (AvgIpc) is 2.39. The van der Waals surface area contributed by atoms with Gasteiger partial charge in [-0.1, -0.05) is 33.6 Å². The molecule has 0 bridgehead atoms. The van der Waals surface area contributed by atoms with Gasteiger partial charge in [-0.3, -0.25) is 9.59 Å². The molecule has 0 aliphatic heterocycles. The number of hydrogen-bond donors (Lipinski definition) is 1. The van der Waals surface area contributed by atoms with Gasteiger partial charge in [0.05, 0.1) is 13.2 Å². The van der Waals surface area contributed by atoms with Crippen LogP contribution in [0.1, 0.15) is 25.5 Å². The van der Waals surface area contributed by atoms with Crippen LogP contribution in [0.5, 0.6) is 0 Å². The minimum atomic E-state index is -1.47. The van der Waals surface area contributed by atoms with E-state index >= 15 is 0 Å². The zero-order chi connectivity index (χ0) is 16.0. The van der Waals surface area contributed by atoms with Gasteiger partial charge in [0.2, 0.25) is 0 Å². The van der Waals surface area contributed by atoms with Crippen LogP contribution in [0.25, 0.3) is 0 Å². The summed E-state index contributed by atoms with van der Waals surface area (Å²) in [5.41, 5.74) is 0.256. The maximum Gasteiger partial charge on any atom is 0.323 e. The Morgan fingerprint density at radius 1 is 1.24 bits per heavy atom. The molecule has 1 unspecified atom stereocenters. The van der Waals surface area contributed by atoms with E-state index in [2.05, 4.69) is 15.9 Å². The van der Waals surface area contributed by atoms with E-state index in [1.54, 1.807) is 26.0 Å². The number of esters is 2. The zero-order valence-corrected chi connectivity index (χ0v) is 14.0. The van der Waals surface area contributed by atoms with Crippen molar-refractivity contribution in [2.45, 2.75) is 20.0 Å². The molecule has 21 heavy (non-hydrogen) atoms. The summed E-state index contributed by atoms with van der Waals surface area (Å²) < 4.78 is 10.4. The quantitative estimate of drug-likeness (QED) is 0.608. The van der Waals surface area contributed by atoms with E-state index in [0.29, 0.717) is 4.47 Å². The average molecular weight is 380 g/mol. The third-order valence-corrected chi connectivity index (χ3v) is 3.50. The Balaban J connectivity index is 3.11. The molecule has 0 aliphatic carbocycles. The lowest BCUT2D eigenvalue weighted by Gasteiger charge is -2.21. The predicted molar refractivity (Wildman–Crippen MR) is 80.9 cm³/mol. The SMILES string of the molecule is CCOC(=O)C(C(=O)OCC)C(O)c1ccc(Br)cc1Cl. The molecule has 1 rings (SSSR count). The molecule has 1 N–H and O–H groups in total. The number of rotatable bonds is 6. The molecular weight excluding hydrogens is 364 g/mol. The number of halogens is 2. The largest absolute Gasteiger partial charge is 0.465 e. The van der Waals surface area contributed by atoms with Gasteiger partial charge in [0.25, 0.3) is 0 Å². The summed E-state index contributed by atoms with van der Waals surface area (Å²) in [4.78, 5) is 23.8. The van der Waals surface area contributed by atoms with Crippen LogP contribution in [0.3, 0.4) is 0 Å². The summed E-state index contributed by atoms with van der Waals surface area (Å²) >= 11 is 9.28. The maximum atomic E-state index is 11.9. The Labute approximate surface area is 136 Å². The number of aliphatic hydroxyl groups excluding tert-OH is 1. The smallest absolute Gasteiger partial charge is 0.323 e. The second kappa shape index (κ2) is 8.36. The van der Waals surface area contributed by atoms with Gasteiger partial charge in [0.15, 0.2) is 5.92 Å². The third-order valence-electron chi connectivity index (χ3n) is 2.68. The molecular formula is C14H16BrClO5. The lowest BCUT2D eigenvalue weighted by molar-refractivity contribution is -0.167. The summed E-state index contributed by atoms with van der Waals surface area (Å²) in [5.74, 6) is -3.16. The molecule has 0 aliphatic rings. The molecule has 0 saturated heterocycles. The van der Waals surface area contributed by atoms with Crippen LogP contribution in [0, 0.1) is 5.92 Å². The Kier molecular flexibility index (Phi) is 7.14. The molecule has 0 heterocycles. The van der Waals surface area contributed by atoms with Gasteiger partial charge in [-0.2, -0.15) is 0 Å². The van der Waals surface area contributed by atoms with E-state index in [9.17, 15) is 14.7 Å². The van der Waals surface area contributed by atoms with Crippen molar-refractivity contribution in [1.82, 2.24) is 0 Å². The number of ether oxygens (including phenoxy) is 2. The minimum Gasteiger partial charge on any atom is -0.465 e. The monoisotopic (exact) mass is 378 g/mol. The first kappa shape index (κ1) is 17.9. The second-order valence-corrected chi connectivity index (χ2v) is 5.42. The lowest BCUT2D eigenvalue weighted by Crippen LogP contribution is -2.33. The fraction of sp³-hybridized carbons (Fsp3) is 0.429. The standard InChI is InChI=1S/C14H16BrClO5/c1-3-20-13(18)11(14(19)21-4-2)12(17)9-6-5-8(15)7-10(9)16/h5-7,11-12,17H,3-4H2,1-2H3.